The Kier molecular flexibility index (Phi) is 9.15. The topological polar surface area (TPSA) is 83.5 Å². The van der Waals surface area contributed by atoms with E-state index in [2.05, 4.69) is 21.4 Å². The Morgan fingerprint density at radius 2 is 1.73 bits per heavy atom. The Bertz CT molecular complexity index is 1640. The molecule has 0 radical (unpaired) electrons. The van der Waals surface area contributed by atoms with Crippen molar-refractivity contribution < 1.29 is 36.3 Å². The van der Waals surface area contributed by atoms with Gasteiger partial charge < -0.3 is 14.7 Å². The van der Waals surface area contributed by atoms with Gasteiger partial charge in [-0.25, -0.2) is 13.8 Å². The van der Waals surface area contributed by atoms with Gasteiger partial charge in [0.05, 0.1) is 16.3 Å². The summed E-state index contributed by atoms with van der Waals surface area (Å²) in [6.45, 7) is 9.96. The number of rotatable bonds is 6. The predicted octanol–water partition coefficient (Wildman–Crippen LogP) is 3.56. The fourth-order valence-electron chi connectivity index (χ4n) is 7.16. The minimum Gasteiger partial charge on any atom is -0.367 e. The second-order valence-electron chi connectivity index (χ2n) is 12.7. The van der Waals surface area contributed by atoms with E-state index in [-0.39, 0.29) is 53.7 Å². The van der Waals surface area contributed by atoms with Gasteiger partial charge in [0.15, 0.2) is 11.6 Å². The lowest BCUT2D eigenvalue weighted by Gasteiger charge is -2.48. The summed E-state index contributed by atoms with van der Waals surface area (Å²) in [4.78, 5) is 53.3. The van der Waals surface area contributed by atoms with E-state index in [1.165, 1.54) is 20.0 Å². The molecule has 0 N–H and O–H groups in total. The van der Waals surface area contributed by atoms with Gasteiger partial charge in [-0.05, 0) is 31.2 Å². The molecule has 6 rings (SSSR count). The molecule has 3 saturated heterocycles. The molecule has 1 aromatic heterocycles. The molecule has 1 aromatic carbocycles. The second kappa shape index (κ2) is 12.9. The van der Waals surface area contributed by atoms with E-state index in [0.29, 0.717) is 19.6 Å². The standard InChI is InChI=1S/C32H35ClF5N7O3/c1-4-25(46)44-16-21(17-44)42-8-5-41(6-9-42)7-10-43-15-19-12-26(47)45(24-13-20(32(36,37)38)11-18(2)39-24)28(19)31(48)40(3)30-27(35)23(34)14-22(33)29(30)43/h4,11,13-14,19,21,28H,1,5-10,12,15-17H2,2-3H3/t19-,28+/m1/s1. The van der Waals surface area contributed by atoms with Crippen molar-refractivity contribution in [1.29, 1.82) is 0 Å². The van der Waals surface area contributed by atoms with Crippen LogP contribution in [0.1, 0.15) is 17.7 Å². The van der Waals surface area contributed by atoms with Crippen LogP contribution >= 0.6 is 11.6 Å². The van der Waals surface area contributed by atoms with Gasteiger partial charge in [-0.15, -0.1) is 0 Å². The van der Waals surface area contributed by atoms with Crippen LogP contribution in [0.5, 0.6) is 0 Å². The number of alkyl halides is 3. The van der Waals surface area contributed by atoms with Crippen LogP contribution in [0.4, 0.5) is 39.1 Å². The number of piperazine rings is 1. The molecule has 0 spiro atoms. The molecule has 4 aliphatic rings. The summed E-state index contributed by atoms with van der Waals surface area (Å²) >= 11 is 6.53. The van der Waals surface area contributed by atoms with E-state index >= 15 is 4.39 Å². The van der Waals surface area contributed by atoms with E-state index in [0.717, 1.165) is 54.2 Å². The largest absolute Gasteiger partial charge is 0.416 e. The van der Waals surface area contributed by atoms with Gasteiger partial charge in [0, 0.05) is 90.0 Å². The normalized spacial score (nSPS) is 22.8. The maximum Gasteiger partial charge on any atom is 0.416 e. The number of hydrogen-bond acceptors (Lipinski definition) is 7. The van der Waals surface area contributed by atoms with E-state index in [9.17, 15) is 31.9 Å². The zero-order valence-electron chi connectivity index (χ0n) is 26.4. The lowest BCUT2D eigenvalue weighted by Crippen LogP contribution is -2.64. The molecule has 2 aromatic rings. The zero-order chi connectivity index (χ0) is 34.7. The summed E-state index contributed by atoms with van der Waals surface area (Å²) < 4.78 is 71.5. The lowest BCUT2D eigenvalue weighted by atomic mass is 9.95. The Morgan fingerprint density at radius 3 is 2.38 bits per heavy atom. The molecular weight excluding hydrogens is 661 g/mol. The van der Waals surface area contributed by atoms with Gasteiger partial charge in [0.2, 0.25) is 17.7 Å². The monoisotopic (exact) mass is 695 g/mol. The molecule has 0 aliphatic carbocycles. The highest BCUT2D eigenvalue weighted by atomic mass is 35.5. The number of hydrogen-bond donors (Lipinski definition) is 0. The molecule has 4 aliphatic heterocycles. The average Bonchev–Trinajstić information content (AvgIpc) is 3.33. The molecular formula is C32H35ClF5N7O3. The van der Waals surface area contributed by atoms with Crippen molar-refractivity contribution in [1.82, 2.24) is 19.7 Å². The van der Waals surface area contributed by atoms with Gasteiger partial charge >= 0.3 is 6.18 Å². The highest BCUT2D eigenvalue weighted by Gasteiger charge is 2.50. The number of amides is 3. The number of pyridine rings is 1. The van der Waals surface area contributed by atoms with Crippen LogP contribution in [0.3, 0.4) is 0 Å². The summed E-state index contributed by atoms with van der Waals surface area (Å²) in [6, 6.07) is 1.36. The van der Waals surface area contributed by atoms with E-state index in [1.807, 2.05) is 0 Å². The Morgan fingerprint density at radius 1 is 1.04 bits per heavy atom. The number of carbonyl (C=O) groups is 3. The molecule has 5 heterocycles. The van der Waals surface area contributed by atoms with E-state index < -0.39 is 52.8 Å². The summed E-state index contributed by atoms with van der Waals surface area (Å²) in [7, 11) is 1.23. The Balaban J connectivity index is 1.26. The third-order valence-corrected chi connectivity index (χ3v) is 10.0. The van der Waals surface area contributed by atoms with Crippen molar-refractivity contribution in [2.45, 2.75) is 31.6 Å². The fraction of sp³-hybridized carbons (Fsp3) is 0.500. The molecule has 10 nitrogen and oxygen atoms in total. The number of nitrogens with zero attached hydrogens (tertiary/aromatic N) is 7. The molecule has 2 atom stereocenters. The highest BCUT2D eigenvalue weighted by molar-refractivity contribution is 6.34. The predicted molar refractivity (Wildman–Crippen MR) is 169 cm³/mol. The maximum absolute atomic E-state index is 15.6. The first-order valence-corrected chi connectivity index (χ1v) is 16.0. The number of carbonyl (C=O) groups excluding carboxylic acids is 3. The minimum atomic E-state index is -4.73. The molecule has 0 unspecified atom stereocenters. The SMILES string of the molecule is C=CC(=O)N1CC(N2CCN(CCN3C[C@H]4CC(=O)N(c5cc(C(F)(F)F)cc(C)n5)[C@@H]4C(=O)N(C)c4c(F)c(F)cc(Cl)c43)CC2)C1. The molecule has 48 heavy (non-hydrogen) atoms. The molecule has 0 bridgehead atoms. The van der Waals surface area contributed by atoms with Crippen LogP contribution in [0.25, 0.3) is 0 Å². The number of aryl methyl sites for hydroxylation is 1. The van der Waals surface area contributed by atoms with Crippen molar-refractivity contribution in [3.05, 3.63) is 58.8 Å². The zero-order valence-corrected chi connectivity index (χ0v) is 27.2. The second-order valence-corrected chi connectivity index (χ2v) is 13.1. The molecule has 3 fully saturated rings. The number of aromatic nitrogens is 1. The van der Waals surface area contributed by atoms with Crippen LogP contribution in [-0.4, -0.2) is 115 Å². The third-order valence-electron chi connectivity index (χ3n) is 9.71. The van der Waals surface area contributed by atoms with Crippen LogP contribution in [0.2, 0.25) is 5.02 Å². The maximum atomic E-state index is 15.6. The first kappa shape index (κ1) is 34.1. The minimum absolute atomic E-state index is 0.00502. The Labute approximate surface area is 279 Å². The van der Waals surface area contributed by atoms with Gasteiger partial charge in [-0.3, -0.25) is 29.1 Å². The highest BCUT2D eigenvalue weighted by Crippen LogP contribution is 2.45. The quantitative estimate of drug-likeness (QED) is 0.260. The summed E-state index contributed by atoms with van der Waals surface area (Å²) in [6.07, 6.45) is -3.60. The first-order valence-electron chi connectivity index (χ1n) is 15.6. The van der Waals surface area contributed by atoms with Crippen LogP contribution in [0, 0.1) is 24.5 Å². The van der Waals surface area contributed by atoms with E-state index in [4.69, 9.17) is 11.6 Å². The molecule has 258 valence electrons. The van der Waals surface area contributed by atoms with Gasteiger partial charge in [0.1, 0.15) is 17.5 Å². The summed E-state index contributed by atoms with van der Waals surface area (Å²) in [5.74, 6) is -5.14. The summed E-state index contributed by atoms with van der Waals surface area (Å²) in [5, 5.41) is -0.119. The average molecular weight is 696 g/mol. The number of fused-ring (bicyclic) bond motifs is 2. The van der Waals surface area contributed by atoms with Gasteiger partial charge in [0.25, 0.3) is 0 Å². The number of benzene rings is 1. The smallest absolute Gasteiger partial charge is 0.367 e. The molecule has 3 amide bonds. The number of anilines is 3. The van der Waals surface area contributed by atoms with Gasteiger partial charge in [-0.2, -0.15) is 13.2 Å². The number of likely N-dealkylation sites (tertiary alicyclic amines) is 1. The molecule has 16 heteroatoms. The van der Waals surface area contributed by atoms with Crippen LogP contribution < -0.4 is 14.7 Å². The lowest BCUT2D eigenvalue weighted by molar-refractivity contribution is -0.137. The first-order chi connectivity index (χ1) is 22.7. The Hall–Kier alpha value is -3.82. The van der Waals surface area contributed by atoms with Crippen molar-refractivity contribution >= 4 is 46.5 Å². The fourth-order valence-corrected chi connectivity index (χ4v) is 7.47. The van der Waals surface area contributed by atoms with Gasteiger partial charge in [-0.1, -0.05) is 18.2 Å². The number of halogens is 6. The third kappa shape index (κ3) is 6.23. The van der Waals surface area contributed by atoms with Crippen molar-refractivity contribution in [2.24, 2.45) is 5.92 Å². The number of likely N-dealkylation sites (N-methyl/N-ethyl adjacent to an activating group) is 1. The van der Waals surface area contributed by atoms with Crippen molar-refractivity contribution in [3.63, 3.8) is 0 Å². The van der Waals surface area contributed by atoms with Crippen LogP contribution in [-0.2, 0) is 20.6 Å². The summed E-state index contributed by atoms with van der Waals surface area (Å²) in [5.41, 5.74) is -1.34. The van der Waals surface area contributed by atoms with Crippen molar-refractivity contribution in [3.8, 4) is 0 Å². The van der Waals surface area contributed by atoms with Crippen LogP contribution in [0.15, 0.2) is 30.9 Å². The van der Waals surface area contributed by atoms with Crippen molar-refractivity contribution in [2.75, 3.05) is 80.7 Å². The van der Waals surface area contributed by atoms with E-state index in [1.54, 1.807) is 9.80 Å². The molecule has 0 saturated carbocycles.